The van der Waals surface area contributed by atoms with Gasteiger partial charge in [-0.1, -0.05) is 0 Å². The minimum Gasteiger partial charge on any atom is -0.467 e. The second kappa shape index (κ2) is 2.58. The number of imidazole rings is 1. The van der Waals surface area contributed by atoms with Crippen LogP contribution in [0.2, 0.25) is 19.6 Å². The third kappa shape index (κ3) is 2.27. The Bertz CT molecular complexity index is 283. The molecule has 0 bridgehead atoms. The van der Waals surface area contributed by atoms with Crippen molar-refractivity contribution in [2.75, 3.05) is 0 Å². The van der Waals surface area contributed by atoms with Crippen molar-refractivity contribution in [3.63, 3.8) is 0 Å². The summed E-state index contributed by atoms with van der Waals surface area (Å²) in [5.74, 6) is 0. The first-order valence-electron chi connectivity index (χ1n) is 3.44. The number of rotatable bonds is 2. The Hall–Kier alpha value is -0.973. The Morgan fingerprint density at radius 1 is 1.55 bits per heavy atom. The summed E-state index contributed by atoms with van der Waals surface area (Å²) in [6, 6.07) is 0. The molecule has 0 saturated heterocycles. The molecule has 0 aliphatic heterocycles. The predicted octanol–water partition coefficient (Wildman–Crippen LogP) is 0.440. The predicted molar refractivity (Wildman–Crippen MR) is 45.0 cm³/mol. The number of nitrogens with zero attached hydrogens (tertiary/aromatic N) is 1. The van der Waals surface area contributed by atoms with Gasteiger partial charge in [0.15, 0.2) is 0 Å². The van der Waals surface area contributed by atoms with E-state index in [9.17, 15) is 4.79 Å². The molecular weight excluding hydrogens is 160 g/mol. The van der Waals surface area contributed by atoms with Crippen LogP contribution in [0.3, 0.4) is 0 Å². The number of hydrogen-bond acceptors (Lipinski definition) is 2. The fourth-order valence-corrected chi connectivity index (χ4v) is 1.41. The number of H-pyrrole nitrogens is 1. The Kier molecular flexibility index (Phi) is 1.90. The molecular formula is C6H12N2O2Si. The van der Waals surface area contributed by atoms with Gasteiger partial charge in [0.2, 0.25) is 0 Å². The van der Waals surface area contributed by atoms with Crippen molar-refractivity contribution in [3.05, 3.63) is 22.9 Å². The topological polar surface area (TPSA) is 47.0 Å². The fraction of sp³-hybridized carbons (Fsp3) is 0.500. The molecule has 0 aliphatic rings. The van der Waals surface area contributed by atoms with E-state index >= 15 is 0 Å². The average Bonchev–Trinajstić information content (AvgIpc) is 2.12. The third-order valence-electron chi connectivity index (χ3n) is 0.989. The zero-order valence-corrected chi connectivity index (χ0v) is 7.92. The molecule has 0 radical (unpaired) electrons. The molecule has 1 aromatic heterocycles. The molecule has 1 aromatic rings. The van der Waals surface area contributed by atoms with Crippen molar-refractivity contribution >= 4 is 8.32 Å². The van der Waals surface area contributed by atoms with Crippen LogP contribution in [0, 0.1) is 0 Å². The van der Waals surface area contributed by atoms with Gasteiger partial charge >= 0.3 is 5.69 Å². The smallest absolute Gasteiger partial charge is 0.357 e. The first-order valence-corrected chi connectivity index (χ1v) is 6.85. The second-order valence-corrected chi connectivity index (χ2v) is 7.70. The molecule has 62 valence electrons. The maximum absolute atomic E-state index is 10.9. The molecule has 1 heterocycles. The Balaban J connectivity index is 2.80. The van der Waals surface area contributed by atoms with Gasteiger partial charge in [0.1, 0.15) is 0 Å². The summed E-state index contributed by atoms with van der Waals surface area (Å²) in [5.41, 5.74) is -0.215. The van der Waals surface area contributed by atoms with Crippen LogP contribution in [-0.2, 0) is 0 Å². The third-order valence-corrected chi connectivity index (χ3v) is 1.73. The lowest BCUT2D eigenvalue weighted by Gasteiger charge is -2.17. The monoisotopic (exact) mass is 172 g/mol. The van der Waals surface area contributed by atoms with Gasteiger partial charge < -0.3 is 9.51 Å². The zero-order valence-electron chi connectivity index (χ0n) is 6.92. The molecule has 11 heavy (non-hydrogen) atoms. The number of hydrogen-bond donors (Lipinski definition) is 1. The van der Waals surface area contributed by atoms with Gasteiger partial charge in [-0.2, -0.15) is 4.73 Å². The van der Waals surface area contributed by atoms with Crippen LogP contribution >= 0.6 is 0 Å². The van der Waals surface area contributed by atoms with Crippen LogP contribution < -0.4 is 10.2 Å². The van der Waals surface area contributed by atoms with E-state index in [1.807, 2.05) is 19.6 Å². The van der Waals surface area contributed by atoms with Crippen LogP contribution in [0.4, 0.5) is 0 Å². The summed E-state index contributed by atoms with van der Waals surface area (Å²) < 4.78 is 6.63. The highest BCUT2D eigenvalue weighted by molar-refractivity contribution is 6.69. The summed E-state index contributed by atoms with van der Waals surface area (Å²) in [7, 11) is -1.65. The molecule has 1 N–H and O–H groups in total. The van der Waals surface area contributed by atoms with Crippen LogP contribution in [-0.4, -0.2) is 18.0 Å². The summed E-state index contributed by atoms with van der Waals surface area (Å²) in [6.45, 7) is 6.06. The molecule has 0 aliphatic carbocycles. The quantitative estimate of drug-likeness (QED) is 0.658. The molecule has 4 nitrogen and oxygen atoms in total. The van der Waals surface area contributed by atoms with Crippen molar-refractivity contribution in [3.8, 4) is 0 Å². The molecule has 0 unspecified atom stereocenters. The van der Waals surface area contributed by atoms with E-state index in [0.29, 0.717) is 0 Å². The first kappa shape index (κ1) is 8.13. The zero-order chi connectivity index (χ0) is 8.48. The molecule has 0 saturated carbocycles. The van der Waals surface area contributed by atoms with Crippen LogP contribution in [0.25, 0.3) is 0 Å². The first-order chi connectivity index (χ1) is 4.99. The Labute approximate surface area is 65.9 Å². The van der Waals surface area contributed by atoms with E-state index in [0.717, 1.165) is 0 Å². The standard InChI is InChI=1S/C6H12N2O2Si/c1-11(2,3)10-8-5-4-7-6(8)9/h4-5H,1-3H3,(H,7,9). The molecule has 0 atom stereocenters. The lowest BCUT2D eigenvalue weighted by atomic mass is 11.0. The fourth-order valence-electron chi connectivity index (χ4n) is 0.674. The second-order valence-electron chi connectivity index (χ2n) is 3.29. The SMILES string of the molecule is C[Si](C)(C)On1cc[nH]c1=O. The number of aromatic nitrogens is 2. The lowest BCUT2D eigenvalue weighted by molar-refractivity contribution is 0.256. The van der Waals surface area contributed by atoms with Crippen molar-refractivity contribution < 1.29 is 4.53 Å². The lowest BCUT2D eigenvalue weighted by Crippen LogP contribution is -2.40. The summed E-state index contributed by atoms with van der Waals surface area (Å²) in [4.78, 5) is 13.4. The minimum absolute atomic E-state index is 0.215. The van der Waals surface area contributed by atoms with Gasteiger partial charge in [-0.15, -0.1) is 0 Å². The van der Waals surface area contributed by atoms with Gasteiger partial charge in [0.05, 0.1) is 6.20 Å². The molecule has 1 rings (SSSR count). The largest absolute Gasteiger partial charge is 0.467 e. The molecule has 0 spiro atoms. The van der Waals surface area contributed by atoms with Gasteiger partial charge in [-0.3, -0.25) is 0 Å². The van der Waals surface area contributed by atoms with E-state index in [4.69, 9.17) is 4.53 Å². The maximum Gasteiger partial charge on any atom is 0.357 e. The molecule has 5 heteroatoms. The van der Waals surface area contributed by atoms with Crippen molar-refractivity contribution in [1.82, 2.24) is 9.71 Å². The maximum atomic E-state index is 10.9. The van der Waals surface area contributed by atoms with E-state index in [2.05, 4.69) is 4.98 Å². The van der Waals surface area contributed by atoms with Crippen LogP contribution in [0.5, 0.6) is 0 Å². The van der Waals surface area contributed by atoms with Crippen molar-refractivity contribution in [2.45, 2.75) is 19.6 Å². The highest BCUT2D eigenvalue weighted by Crippen LogP contribution is 1.96. The molecule has 0 amide bonds. The molecule has 0 fully saturated rings. The van der Waals surface area contributed by atoms with E-state index in [1.54, 1.807) is 12.4 Å². The average molecular weight is 172 g/mol. The van der Waals surface area contributed by atoms with Crippen LogP contribution in [0.15, 0.2) is 17.2 Å². The summed E-state index contributed by atoms with van der Waals surface area (Å²) in [6.07, 6.45) is 3.14. The summed E-state index contributed by atoms with van der Waals surface area (Å²) in [5, 5.41) is 0. The minimum atomic E-state index is -1.65. The van der Waals surface area contributed by atoms with E-state index in [-0.39, 0.29) is 5.69 Å². The van der Waals surface area contributed by atoms with Crippen molar-refractivity contribution in [2.24, 2.45) is 0 Å². The van der Waals surface area contributed by atoms with Crippen LogP contribution in [0.1, 0.15) is 0 Å². The normalized spacial score (nSPS) is 11.5. The number of nitrogens with one attached hydrogen (secondary N) is 1. The van der Waals surface area contributed by atoms with Gasteiger partial charge in [0, 0.05) is 6.20 Å². The highest BCUT2D eigenvalue weighted by Gasteiger charge is 2.17. The van der Waals surface area contributed by atoms with Gasteiger partial charge in [0.25, 0.3) is 8.32 Å². The Morgan fingerprint density at radius 2 is 2.18 bits per heavy atom. The highest BCUT2D eigenvalue weighted by atomic mass is 28.4. The van der Waals surface area contributed by atoms with Gasteiger partial charge in [-0.25, -0.2) is 4.79 Å². The van der Waals surface area contributed by atoms with E-state index in [1.165, 1.54) is 4.73 Å². The van der Waals surface area contributed by atoms with E-state index < -0.39 is 8.32 Å². The Morgan fingerprint density at radius 3 is 2.55 bits per heavy atom. The summed E-state index contributed by atoms with van der Waals surface area (Å²) >= 11 is 0. The van der Waals surface area contributed by atoms with Gasteiger partial charge in [-0.05, 0) is 19.6 Å². The van der Waals surface area contributed by atoms with Crippen molar-refractivity contribution in [1.29, 1.82) is 0 Å². The molecule has 0 aromatic carbocycles. The number of aromatic amines is 1.